The largest absolute Gasteiger partial charge is 0.477 e. The molecule has 0 amide bonds. The zero-order valence-corrected chi connectivity index (χ0v) is 9.50. The third-order valence-electron chi connectivity index (χ3n) is 2.40. The van der Waals surface area contributed by atoms with E-state index < -0.39 is 5.97 Å². The highest BCUT2D eigenvalue weighted by Gasteiger charge is 2.06. The Morgan fingerprint density at radius 2 is 2.29 bits per heavy atom. The molecule has 2 aromatic heterocycles. The summed E-state index contributed by atoms with van der Waals surface area (Å²) in [7, 11) is 0. The molecule has 0 saturated heterocycles. The number of hydrogen-bond acceptors (Lipinski definition) is 3. The van der Waals surface area contributed by atoms with E-state index >= 15 is 0 Å². The fourth-order valence-corrected chi connectivity index (χ4v) is 1.59. The van der Waals surface area contributed by atoms with E-state index in [4.69, 9.17) is 5.11 Å². The molecule has 88 valence electrons. The maximum Gasteiger partial charge on any atom is 0.354 e. The summed E-state index contributed by atoms with van der Waals surface area (Å²) >= 11 is 0. The minimum absolute atomic E-state index is 0.0354. The average molecular weight is 231 g/mol. The summed E-state index contributed by atoms with van der Waals surface area (Å²) in [5.74, 6) is -1.03. The first kappa shape index (κ1) is 11.3. The van der Waals surface area contributed by atoms with Gasteiger partial charge in [-0.15, -0.1) is 0 Å². The van der Waals surface area contributed by atoms with Crippen molar-refractivity contribution in [2.45, 2.75) is 19.8 Å². The smallest absolute Gasteiger partial charge is 0.354 e. The lowest BCUT2D eigenvalue weighted by Gasteiger charge is -2.02. The Bertz CT molecular complexity index is 534. The van der Waals surface area contributed by atoms with Gasteiger partial charge in [-0.2, -0.15) is 0 Å². The number of hydrogen-bond donors (Lipinski definition) is 1. The zero-order valence-electron chi connectivity index (χ0n) is 9.50. The van der Waals surface area contributed by atoms with Crippen LogP contribution in [0.25, 0.3) is 5.69 Å². The first-order chi connectivity index (χ1) is 8.20. The van der Waals surface area contributed by atoms with Crippen molar-refractivity contribution in [3.05, 3.63) is 42.2 Å². The lowest BCUT2D eigenvalue weighted by molar-refractivity contribution is 0.0690. The number of rotatable bonds is 4. The van der Waals surface area contributed by atoms with Crippen LogP contribution in [0.15, 0.2) is 30.9 Å². The zero-order chi connectivity index (χ0) is 12.3. The molecular weight excluding hydrogens is 218 g/mol. The number of carboxylic acids is 1. The molecule has 0 aliphatic heterocycles. The SMILES string of the molecule is CCCc1cn(-c2ccnc(C(=O)O)c2)cn1. The van der Waals surface area contributed by atoms with E-state index in [1.165, 1.54) is 12.3 Å². The first-order valence-corrected chi connectivity index (χ1v) is 5.43. The second kappa shape index (κ2) is 4.78. The molecule has 17 heavy (non-hydrogen) atoms. The van der Waals surface area contributed by atoms with Crippen molar-refractivity contribution >= 4 is 5.97 Å². The minimum atomic E-state index is -1.03. The van der Waals surface area contributed by atoms with Gasteiger partial charge in [0.2, 0.25) is 0 Å². The van der Waals surface area contributed by atoms with Crippen LogP contribution in [0, 0.1) is 0 Å². The fraction of sp³-hybridized carbons (Fsp3) is 0.250. The quantitative estimate of drug-likeness (QED) is 0.872. The van der Waals surface area contributed by atoms with Gasteiger partial charge in [0.1, 0.15) is 5.69 Å². The maximum atomic E-state index is 10.8. The van der Waals surface area contributed by atoms with Gasteiger partial charge >= 0.3 is 5.97 Å². The Labute approximate surface area is 98.8 Å². The van der Waals surface area contributed by atoms with Gasteiger partial charge in [-0.25, -0.2) is 14.8 Å². The molecule has 0 bridgehead atoms. The summed E-state index contributed by atoms with van der Waals surface area (Å²) < 4.78 is 1.80. The highest BCUT2D eigenvalue weighted by Crippen LogP contribution is 2.10. The predicted molar refractivity (Wildman–Crippen MR) is 62.3 cm³/mol. The van der Waals surface area contributed by atoms with Gasteiger partial charge in [-0.1, -0.05) is 13.3 Å². The number of carboxylic acid groups (broad SMARTS) is 1. The second-order valence-electron chi connectivity index (χ2n) is 3.73. The van der Waals surface area contributed by atoms with E-state index in [1.54, 1.807) is 17.0 Å². The molecule has 5 heteroatoms. The number of aromatic carboxylic acids is 1. The average Bonchev–Trinajstić information content (AvgIpc) is 2.78. The van der Waals surface area contributed by atoms with Gasteiger partial charge in [0.05, 0.1) is 17.7 Å². The van der Waals surface area contributed by atoms with Crippen molar-refractivity contribution in [2.24, 2.45) is 0 Å². The maximum absolute atomic E-state index is 10.8. The molecule has 0 aliphatic carbocycles. The number of aryl methyl sites for hydroxylation is 1. The standard InChI is InChI=1S/C12H13N3O2/c1-2-3-9-7-15(8-14-9)10-4-5-13-11(6-10)12(16)17/h4-8H,2-3H2,1H3,(H,16,17). The van der Waals surface area contributed by atoms with Crippen LogP contribution in [0.5, 0.6) is 0 Å². The van der Waals surface area contributed by atoms with Crippen LogP contribution in [0.1, 0.15) is 29.5 Å². The number of imidazole rings is 1. The molecule has 5 nitrogen and oxygen atoms in total. The molecular formula is C12H13N3O2. The molecule has 0 fully saturated rings. The summed E-state index contributed by atoms with van der Waals surface area (Å²) in [6.45, 7) is 2.09. The summed E-state index contributed by atoms with van der Waals surface area (Å²) in [6, 6.07) is 3.28. The van der Waals surface area contributed by atoms with Gasteiger partial charge in [0, 0.05) is 12.4 Å². The minimum Gasteiger partial charge on any atom is -0.477 e. The summed E-state index contributed by atoms with van der Waals surface area (Å²) in [5, 5.41) is 8.86. The molecule has 2 aromatic rings. The van der Waals surface area contributed by atoms with E-state index in [0.717, 1.165) is 24.2 Å². The second-order valence-corrected chi connectivity index (χ2v) is 3.73. The van der Waals surface area contributed by atoms with Crippen molar-refractivity contribution in [3.8, 4) is 5.69 Å². The van der Waals surface area contributed by atoms with Crippen molar-refractivity contribution in [1.82, 2.24) is 14.5 Å². The lowest BCUT2D eigenvalue weighted by Crippen LogP contribution is -2.01. The Balaban J connectivity index is 2.32. The number of aromatic nitrogens is 3. The van der Waals surface area contributed by atoms with Gasteiger partial charge < -0.3 is 9.67 Å². The monoisotopic (exact) mass is 231 g/mol. The molecule has 0 atom stereocenters. The fourth-order valence-electron chi connectivity index (χ4n) is 1.59. The molecule has 0 saturated carbocycles. The van der Waals surface area contributed by atoms with E-state index in [-0.39, 0.29) is 5.69 Å². The number of carbonyl (C=O) groups is 1. The molecule has 0 spiro atoms. The topological polar surface area (TPSA) is 68.0 Å². The third kappa shape index (κ3) is 2.50. The van der Waals surface area contributed by atoms with Gasteiger partial charge in [0.25, 0.3) is 0 Å². The molecule has 0 aromatic carbocycles. The van der Waals surface area contributed by atoms with Crippen LogP contribution < -0.4 is 0 Å². The van der Waals surface area contributed by atoms with Crippen LogP contribution in [-0.2, 0) is 6.42 Å². The number of pyridine rings is 1. The van der Waals surface area contributed by atoms with E-state index in [0.29, 0.717) is 0 Å². The van der Waals surface area contributed by atoms with Crippen LogP contribution in [0.4, 0.5) is 0 Å². The molecule has 2 rings (SSSR count). The Morgan fingerprint density at radius 3 is 3.00 bits per heavy atom. The van der Waals surface area contributed by atoms with Crippen molar-refractivity contribution in [1.29, 1.82) is 0 Å². The summed E-state index contributed by atoms with van der Waals surface area (Å²) in [4.78, 5) is 18.8. The highest BCUT2D eigenvalue weighted by atomic mass is 16.4. The van der Waals surface area contributed by atoms with Crippen molar-refractivity contribution in [3.63, 3.8) is 0 Å². The van der Waals surface area contributed by atoms with Gasteiger partial charge in [0.15, 0.2) is 0 Å². The van der Waals surface area contributed by atoms with E-state index in [1.807, 2.05) is 6.20 Å². The van der Waals surface area contributed by atoms with Crippen molar-refractivity contribution < 1.29 is 9.90 Å². The normalized spacial score (nSPS) is 10.4. The summed E-state index contributed by atoms with van der Waals surface area (Å²) in [6.07, 6.45) is 7.03. The van der Waals surface area contributed by atoms with Crippen molar-refractivity contribution in [2.75, 3.05) is 0 Å². The summed E-state index contributed by atoms with van der Waals surface area (Å²) in [5.41, 5.74) is 1.79. The van der Waals surface area contributed by atoms with E-state index in [9.17, 15) is 4.79 Å². The Hall–Kier alpha value is -2.17. The highest BCUT2D eigenvalue weighted by molar-refractivity contribution is 5.85. The first-order valence-electron chi connectivity index (χ1n) is 5.43. The molecule has 0 unspecified atom stereocenters. The van der Waals surface area contributed by atoms with Gasteiger partial charge in [-0.3, -0.25) is 0 Å². The molecule has 1 N–H and O–H groups in total. The Kier molecular flexibility index (Phi) is 3.18. The third-order valence-corrected chi connectivity index (χ3v) is 2.40. The van der Waals surface area contributed by atoms with E-state index in [2.05, 4.69) is 16.9 Å². The van der Waals surface area contributed by atoms with Gasteiger partial charge in [-0.05, 0) is 18.6 Å². The molecule has 2 heterocycles. The predicted octanol–water partition coefficient (Wildman–Crippen LogP) is 1.92. The number of nitrogens with zero attached hydrogens (tertiary/aromatic N) is 3. The molecule has 0 radical (unpaired) electrons. The van der Waals surface area contributed by atoms with Crippen LogP contribution in [-0.4, -0.2) is 25.6 Å². The Morgan fingerprint density at radius 1 is 1.47 bits per heavy atom. The van der Waals surface area contributed by atoms with Crippen LogP contribution in [0.3, 0.4) is 0 Å². The lowest BCUT2D eigenvalue weighted by atomic mass is 10.3. The molecule has 0 aliphatic rings. The van der Waals surface area contributed by atoms with Crippen LogP contribution in [0.2, 0.25) is 0 Å². The van der Waals surface area contributed by atoms with Crippen LogP contribution >= 0.6 is 0 Å².